The summed E-state index contributed by atoms with van der Waals surface area (Å²) in [6, 6.07) is 8.89. The molecule has 1 aromatic rings. The van der Waals surface area contributed by atoms with E-state index in [9.17, 15) is 0 Å². The lowest BCUT2D eigenvalue weighted by atomic mass is 10.0. The van der Waals surface area contributed by atoms with E-state index in [0.717, 1.165) is 26.0 Å². The van der Waals surface area contributed by atoms with Gasteiger partial charge in [-0.25, -0.2) is 0 Å². The molecule has 0 aliphatic heterocycles. The molecule has 0 spiro atoms. The Balaban J connectivity index is 2.63. The van der Waals surface area contributed by atoms with Gasteiger partial charge in [-0.2, -0.15) is 0 Å². The molecule has 1 aromatic carbocycles. The van der Waals surface area contributed by atoms with Crippen LogP contribution in [0.15, 0.2) is 24.3 Å². The minimum absolute atomic E-state index is 0.297. The van der Waals surface area contributed by atoms with Gasteiger partial charge in [0.15, 0.2) is 0 Å². The summed E-state index contributed by atoms with van der Waals surface area (Å²) in [6.45, 7) is 12.8. The van der Waals surface area contributed by atoms with Gasteiger partial charge in [-0.3, -0.25) is 0 Å². The Labute approximate surface area is 124 Å². The summed E-state index contributed by atoms with van der Waals surface area (Å²) in [5.74, 6) is 0.686. The van der Waals surface area contributed by atoms with Crippen LogP contribution >= 0.6 is 0 Å². The van der Waals surface area contributed by atoms with E-state index in [1.807, 2.05) is 0 Å². The smallest absolute Gasteiger partial charge is 0.0665 e. The van der Waals surface area contributed by atoms with Gasteiger partial charge in [0.25, 0.3) is 0 Å². The molecule has 0 amide bonds. The van der Waals surface area contributed by atoms with E-state index in [4.69, 9.17) is 4.74 Å². The predicted octanol–water partition coefficient (Wildman–Crippen LogP) is 4.49. The molecule has 0 aliphatic carbocycles. The first-order valence-corrected chi connectivity index (χ1v) is 7.95. The summed E-state index contributed by atoms with van der Waals surface area (Å²) in [4.78, 5) is 0. The lowest BCUT2D eigenvalue weighted by Gasteiger charge is -2.24. The molecule has 0 saturated heterocycles. The molecule has 0 saturated carbocycles. The van der Waals surface area contributed by atoms with Crippen molar-refractivity contribution in [3.8, 4) is 0 Å². The Bertz CT molecular complexity index is 375. The SMILES string of the molecule is CCCNC(COC(C)CC(C)C)c1ccccc1C. The second-order valence-electron chi connectivity index (χ2n) is 6.14. The van der Waals surface area contributed by atoms with Crippen LogP contribution in [0, 0.1) is 12.8 Å². The van der Waals surface area contributed by atoms with Crippen LogP contribution in [-0.2, 0) is 4.74 Å². The van der Waals surface area contributed by atoms with Crippen LogP contribution in [0.5, 0.6) is 0 Å². The topological polar surface area (TPSA) is 21.3 Å². The quantitative estimate of drug-likeness (QED) is 0.718. The highest BCUT2D eigenvalue weighted by atomic mass is 16.5. The number of rotatable bonds is 9. The monoisotopic (exact) mass is 277 g/mol. The number of aryl methyl sites for hydroxylation is 1. The van der Waals surface area contributed by atoms with E-state index in [1.165, 1.54) is 11.1 Å². The van der Waals surface area contributed by atoms with E-state index >= 15 is 0 Å². The van der Waals surface area contributed by atoms with Crippen LogP contribution in [0.3, 0.4) is 0 Å². The van der Waals surface area contributed by atoms with Crippen LogP contribution in [0.1, 0.15) is 57.7 Å². The van der Waals surface area contributed by atoms with Gasteiger partial charge in [0.1, 0.15) is 0 Å². The van der Waals surface area contributed by atoms with Crippen molar-refractivity contribution in [2.24, 2.45) is 5.92 Å². The number of nitrogens with one attached hydrogen (secondary N) is 1. The molecule has 0 fully saturated rings. The lowest BCUT2D eigenvalue weighted by molar-refractivity contribution is 0.0370. The van der Waals surface area contributed by atoms with Crippen LogP contribution in [0.4, 0.5) is 0 Å². The zero-order valence-electron chi connectivity index (χ0n) is 13.8. The molecule has 2 unspecified atom stereocenters. The van der Waals surface area contributed by atoms with Gasteiger partial charge in [0.05, 0.1) is 18.8 Å². The molecule has 1 rings (SSSR count). The number of benzene rings is 1. The normalized spacial score (nSPS) is 14.5. The van der Waals surface area contributed by atoms with E-state index in [-0.39, 0.29) is 0 Å². The molecule has 1 N–H and O–H groups in total. The molecule has 114 valence electrons. The second-order valence-corrected chi connectivity index (χ2v) is 6.14. The van der Waals surface area contributed by atoms with Gasteiger partial charge in [0.2, 0.25) is 0 Å². The minimum atomic E-state index is 0.297. The summed E-state index contributed by atoms with van der Waals surface area (Å²) >= 11 is 0. The van der Waals surface area contributed by atoms with Crippen molar-refractivity contribution in [2.75, 3.05) is 13.2 Å². The highest BCUT2D eigenvalue weighted by molar-refractivity contribution is 5.28. The summed E-state index contributed by atoms with van der Waals surface area (Å²) in [7, 11) is 0. The fourth-order valence-electron chi connectivity index (χ4n) is 2.55. The highest BCUT2D eigenvalue weighted by Crippen LogP contribution is 2.19. The Morgan fingerprint density at radius 2 is 1.85 bits per heavy atom. The Hall–Kier alpha value is -0.860. The van der Waals surface area contributed by atoms with E-state index in [1.54, 1.807) is 0 Å². The first-order valence-electron chi connectivity index (χ1n) is 7.95. The zero-order valence-corrected chi connectivity index (χ0v) is 13.8. The Morgan fingerprint density at radius 1 is 1.15 bits per heavy atom. The van der Waals surface area contributed by atoms with Gasteiger partial charge >= 0.3 is 0 Å². The molecule has 0 aliphatic rings. The Morgan fingerprint density at radius 3 is 2.45 bits per heavy atom. The van der Waals surface area contributed by atoms with Gasteiger partial charge in [-0.1, -0.05) is 45.0 Å². The first-order chi connectivity index (χ1) is 9.54. The molecule has 20 heavy (non-hydrogen) atoms. The predicted molar refractivity (Wildman–Crippen MR) is 87.1 cm³/mol. The van der Waals surface area contributed by atoms with Crippen molar-refractivity contribution >= 4 is 0 Å². The molecular weight excluding hydrogens is 246 g/mol. The highest BCUT2D eigenvalue weighted by Gasteiger charge is 2.15. The average molecular weight is 277 g/mol. The Kier molecular flexibility index (Phi) is 7.86. The first kappa shape index (κ1) is 17.2. The van der Waals surface area contributed by atoms with Crippen LogP contribution in [0.25, 0.3) is 0 Å². The maximum Gasteiger partial charge on any atom is 0.0665 e. The van der Waals surface area contributed by atoms with Gasteiger partial charge in [-0.05, 0) is 50.3 Å². The third-order valence-corrected chi connectivity index (χ3v) is 3.56. The van der Waals surface area contributed by atoms with Crippen molar-refractivity contribution in [1.29, 1.82) is 0 Å². The number of hydrogen-bond donors (Lipinski definition) is 1. The molecule has 2 atom stereocenters. The van der Waals surface area contributed by atoms with Crippen LogP contribution in [-0.4, -0.2) is 19.3 Å². The molecule has 0 heterocycles. The van der Waals surface area contributed by atoms with Crippen molar-refractivity contribution in [1.82, 2.24) is 5.32 Å². The van der Waals surface area contributed by atoms with E-state index < -0.39 is 0 Å². The van der Waals surface area contributed by atoms with Crippen molar-refractivity contribution < 1.29 is 4.74 Å². The third-order valence-electron chi connectivity index (χ3n) is 3.56. The van der Waals surface area contributed by atoms with Crippen molar-refractivity contribution in [2.45, 2.75) is 59.6 Å². The third kappa shape index (κ3) is 6.06. The standard InChI is InChI=1S/C18H31NO/c1-6-11-19-18(13-20-16(5)12-14(2)3)17-10-8-7-9-15(17)4/h7-10,14,16,18-19H,6,11-13H2,1-5H3. The largest absolute Gasteiger partial charge is 0.377 e. The summed E-state index contributed by atoms with van der Waals surface area (Å²) in [5, 5.41) is 3.61. The fraction of sp³-hybridized carbons (Fsp3) is 0.667. The van der Waals surface area contributed by atoms with Gasteiger partial charge in [0, 0.05) is 0 Å². The average Bonchev–Trinajstić information content (AvgIpc) is 2.39. The van der Waals surface area contributed by atoms with Gasteiger partial charge < -0.3 is 10.1 Å². The molecular formula is C18H31NO. The fourth-order valence-corrected chi connectivity index (χ4v) is 2.55. The van der Waals surface area contributed by atoms with E-state index in [2.05, 4.69) is 64.2 Å². The molecule has 2 heteroatoms. The minimum Gasteiger partial charge on any atom is -0.377 e. The van der Waals surface area contributed by atoms with E-state index in [0.29, 0.717) is 18.1 Å². The van der Waals surface area contributed by atoms with Crippen LogP contribution < -0.4 is 5.32 Å². The maximum atomic E-state index is 6.06. The second kappa shape index (κ2) is 9.15. The van der Waals surface area contributed by atoms with Crippen LogP contribution in [0.2, 0.25) is 0 Å². The molecule has 0 aromatic heterocycles. The summed E-state index contributed by atoms with van der Waals surface area (Å²) in [5.41, 5.74) is 2.69. The summed E-state index contributed by atoms with van der Waals surface area (Å²) < 4.78 is 6.06. The summed E-state index contributed by atoms with van der Waals surface area (Å²) in [6.07, 6.45) is 2.59. The molecule has 0 radical (unpaired) electrons. The maximum absolute atomic E-state index is 6.06. The number of ether oxygens (including phenoxy) is 1. The zero-order chi connectivity index (χ0) is 15.0. The number of hydrogen-bond acceptors (Lipinski definition) is 2. The lowest BCUT2D eigenvalue weighted by Crippen LogP contribution is -2.28. The van der Waals surface area contributed by atoms with Crippen molar-refractivity contribution in [3.05, 3.63) is 35.4 Å². The van der Waals surface area contributed by atoms with Gasteiger partial charge in [-0.15, -0.1) is 0 Å². The molecule has 0 bridgehead atoms. The van der Waals surface area contributed by atoms with Crippen molar-refractivity contribution in [3.63, 3.8) is 0 Å². The molecule has 2 nitrogen and oxygen atoms in total.